The zero-order valence-electron chi connectivity index (χ0n) is 12.6. The van der Waals surface area contributed by atoms with Crippen molar-refractivity contribution in [2.24, 2.45) is 5.18 Å². The Morgan fingerprint density at radius 3 is 2.73 bits per heavy atom. The molecular weight excluding hydrogens is 278 g/mol. The van der Waals surface area contributed by atoms with Gasteiger partial charge in [0.15, 0.2) is 11.4 Å². The van der Waals surface area contributed by atoms with Crippen LogP contribution >= 0.6 is 0 Å². The summed E-state index contributed by atoms with van der Waals surface area (Å²) in [5.74, 6) is 0.693. The molecule has 5 nitrogen and oxygen atoms in total. The standard InChI is InChI=1S/C17H17N3O2/c1-12-16(13(2)19-21)20-10-6-9-15(17(20)18-12)22-11-14-7-4-3-5-8-14/h3-10,13H,11H2,1-2H3. The van der Waals surface area contributed by atoms with Crippen LogP contribution in [0.15, 0.2) is 53.8 Å². The predicted octanol–water partition coefficient (Wildman–Crippen LogP) is 4.05. The molecule has 0 spiro atoms. The number of nitrogens with zero attached hydrogens (tertiary/aromatic N) is 3. The normalized spacial score (nSPS) is 12.3. The highest BCUT2D eigenvalue weighted by atomic mass is 16.5. The molecule has 0 saturated heterocycles. The molecule has 5 heteroatoms. The van der Waals surface area contributed by atoms with Crippen molar-refractivity contribution in [1.29, 1.82) is 0 Å². The van der Waals surface area contributed by atoms with Gasteiger partial charge in [-0.15, -0.1) is 0 Å². The second-order valence-electron chi connectivity index (χ2n) is 5.20. The molecule has 0 radical (unpaired) electrons. The minimum Gasteiger partial charge on any atom is -0.485 e. The van der Waals surface area contributed by atoms with Gasteiger partial charge in [0, 0.05) is 6.20 Å². The highest BCUT2D eigenvalue weighted by Gasteiger charge is 2.18. The topological polar surface area (TPSA) is 56.0 Å². The highest BCUT2D eigenvalue weighted by Crippen LogP contribution is 2.27. The van der Waals surface area contributed by atoms with Crippen LogP contribution in [-0.4, -0.2) is 9.38 Å². The summed E-state index contributed by atoms with van der Waals surface area (Å²) in [5, 5.41) is 3.11. The van der Waals surface area contributed by atoms with Crippen LogP contribution < -0.4 is 4.74 Å². The Morgan fingerprint density at radius 2 is 2.00 bits per heavy atom. The quantitative estimate of drug-likeness (QED) is 0.667. The van der Waals surface area contributed by atoms with Gasteiger partial charge in [-0.3, -0.25) is 4.40 Å². The number of fused-ring (bicyclic) bond motifs is 1. The van der Waals surface area contributed by atoms with Crippen LogP contribution in [0.2, 0.25) is 0 Å². The second kappa shape index (κ2) is 5.97. The van der Waals surface area contributed by atoms with E-state index in [0.717, 1.165) is 17.0 Å². The number of nitroso groups, excluding NO2 is 1. The molecule has 2 heterocycles. The van der Waals surface area contributed by atoms with E-state index in [1.807, 2.05) is 60.0 Å². The molecular formula is C17H17N3O2. The molecule has 0 aliphatic rings. The molecule has 3 rings (SSSR count). The van der Waals surface area contributed by atoms with Gasteiger partial charge in [-0.25, -0.2) is 4.98 Å². The van der Waals surface area contributed by atoms with E-state index in [2.05, 4.69) is 10.2 Å². The Hall–Kier alpha value is -2.69. The molecule has 3 aromatic rings. The van der Waals surface area contributed by atoms with Gasteiger partial charge in [0.2, 0.25) is 0 Å². The van der Waals surface area contributed by atoms with Crippen molar-refractivity contribution in [1.82, 2.24) is 9.38 Å². The van der Waals surface area contributed by atoms with E-state index in [-0.39, 0.29) is 0 Å². The first-order valence-electron chi connectivity index (χ1n) is 7.17. The fourth-order valence-electron chi connectivity index (χ4n) is 2.58. The van der Waals surface area contributed by atoms with Crippen molar-refractivity contribution in [3.8, 4) is 5.75 Å². The zero-order valence-corrected chi connectivity index (χ0v) is 12.6. The second-order valence-corrected chi connectivity index (χ2v) is 5.20. The van der Waals surface area contributed by atoms with E-state index in [1.165, 1.54) is 0 Å². The van der Waals surface area contributed by atoms with E-state index in [9.17, 15) is 4.91 Å². The van der Waals surface area contributed by atoms with Crippen molar-refractivity contribution >= 4 is 5.65 Å². The van der Waals surface area contributed by atoms with Gasteiger partial charge in [-0.2, -0.15) is 4.91 Å². The number of rotatable bonds is 5. The summed E-state index contributed by atoms with van der Waals surface area (Å²) >= 11 is 0. The predicted molar refractivity (Wildman–Crippen MR) is 84.9 cm³/mol. The molecule has 0 saturated carbocycles. The van der Waals surface area contributed by atoms with E-state index in [1.54, 1.807) is 6.92 Å². The SMILES string of the molecule is Cc1nc2c(OCc3ccccc3)cccn2c1C(C)N=O. The zero-order chi connectivity index (χ0) is 15.5. The Morgan fingerprint density at radius 1 is 1.23 bits per heavy atom. The largest absolute Gasteiger partial charge is 0.485 e. The summed E-state index contributed by atoms with van der Waals surface area (Å²) in [4.78, 5) is 15.4. The third-order valence-corrected chi connectivity index (χ3v) is 3.63. The molecule has 22 heavy (non-hydrogen) atoms. The van der Waals surface area contributed by atoms with Gasteiger partial charge in [-0.1, -0.05) is 35.5 Å². The van der Waals surface area contributed by atoms with Crippen LogP contribution in [0.1, 0.15) is 29.9 Å². The number of ether oxygens (including phenoxy) is 1. The molecule has 112 valence electrons. The molecule has 1 atom stereocenters. The van der Waals surface area contributed by atoms with Crippen LogP contribution in [0.25, 0.3) is 5.65 Å². The monoisotopic (exact) mass is 295 g/mol. The maximum atomic E-state index is 10.9. The average molecular weight is 295 g/mol. The third kappa shape index (κ3) is 2.57. The molecule has 0 fully saturated rings. The smallest absolute Gasteiger partial charge is 0.180 e. The lowest BCUT2D eigenvalue weighted by molar-refractivity contribution is 0.308. The van der Waals surface area contributed by atoms with Gasteiger partial charge >= 0.3 is 0 Å². The molecule has 0 N–H and O–H groups in total. The van der Waals surface area contributed by atoms with Gasteiger partial charge in [-0.05, 0) is 31.5 Å². The summed E-state index contributed by atoms with van der Waals surface area (Å²) in [5.41, 5.74) is 3.40. The summed E-state index contributed by atoms with van der Waals surface area (Å²) in [6.45, 7) is 4.12. The van der Waals surface area contributed by atoms with Crippen molar-refractivity contribution in [3.05, 3.63) is 70.5 Å². The van der Waals surface area contributed by atoms with Crippen molar-refractivity contribution in [3.63, 3.8) is 0 Å². The first kappa shape index (κ1) is 14.3. The molecule has 0 bridgehead atoms. The minimum atomic E-state index is -0.445. The molecule has 0 aliphatic carbocycles. The summed E-state index contributed by atoms with van der Waals surface area (Å²) in [6.07, 6.45) is 1.88. The number of aryl methyl sites for hydroxylation is 1. The first-order valence-corrected chi connectivity index (χ1v) is 7.17. The lowest BCUT2D eigenvalue weighted by Crippen LogP contribution is -2.00. The van der Waals surface area contributed by atoms with Crippen molar-refractivity contribution in [2.45, 2.75) is 26.5 Å². The number of pyridine rings is 1. The molecule has 2 aromatic heterocycles. The van der Waals surface area contributed by atoms with E-state index in [4.69, 9.17) is 4.74 Å². The maximum absolute atomic E-state index is 10.9. The van der Waals surface area contributed by atoms with Crippen molar-refractivity contribution < 1.29 is 4.74 Å². The van der Waals surface area contributed by atoms with Crippen LogP contribution in [-0.2, 0) is 6.61 Å². The van der Waals surface area contributed by atoms with Crippen LogP contribution in [0.5, 0.6) is 5.75 Å². The summed E-state index contributed by atoms with van der Waals surface area (Å²) in [6, 6.07) is 13.3. The Kier molecular flexibility index (Phi) is 3.87. The van der Waals surface area contributed by atoms with E-state index < -0.39 is 6.04 Å². The van der Waals surface area contributed by atoms with Crippen LogP contribution in [0.3, 0.4) is 0 Å². The number of aromatic nitrogens is 2. The Labute approximate surface area is 128 Å². The third-order valence-electron chi connectivity index (χ3n) is 3.63. The fourth-order valence-corrected chi connectivity index (χ4v) is 2.58. The molecule has 0 amide bonds. The summed E-state index contributed by atoms with van der Waals surface area (Å²) < 4.78 is 7.77. The number of hydrogen-bond donors (Lipinski definition) is 0. The van der Waals surface area contributed by atoms with Crippen LogP contribution in [0, 0.1) is 11.8 Å². The Balaban J connectivity index is 1.95. The average Bonchev–Trinajstić information content (AvgIpc) is 2.89. The number of hydrogen-bond acceptors (Lipinski definition) is 4. The molecule has 1 unspecified atom stereocenters. The van der Waals surface area contributed by atoms with E-state index >= 15 is 0 Å². The number of benzene rings is 1. The van der Waals surface area contributed by atoms with Gasteiger partial charge in [0.1, 0.15) is 12.6 Å². The van der Waals surface area contributed by atoms with Gasteiger partial charge < -0.3 is 4.74 Å². The summed E-state index contributed by atoms with van der Waals surface area (Å²) in [7, 11) is 0. The van der Waals surface area contributed by atoms with E-state index in [0.29, 0.717) is 18.0 Å². The van der Waals surface area contributed by atoms with Gasteiger partial charge in [0.25, 0.3) is 0 Å². The highest BCUT2D eigenvalue weighted by molar-refractivity contribution is 5.56. The lowest BCUT2D eigenvalue weighted by atomic mass is 10.2. The maximum Gasteiger partial charge on any atom is 0.180 e. The number of imidazole rings is 1. The molecule has 0 aliphatic heterocycles. The van der Waals surface area contributed by atoms with Crippen molar-refractivity contribution in [2.75, 3.05) is 0 Å². The molecule has 1 aromatic carbocycles. The van der Waals surface area contributed by atoms with Crippen LogP contribution in [0.4, 0.5) is 0 Å². The fraction of sp³-hybridized carbons (Fsp3) is 0.235. The Bertz CT molecular complexity index is 796. The minimum absolute atomic E-state index is 0.445. The van der Waals surface area contributed by atoms with Gasteiger partial charge in [0.05, 0.1) is 11.4 Å². The first-order chi connectivity index (χ1) is 10.7. The lowest BCUT2D eigenvalue weighted by Gasteiger charge is -2.09.